The van der Waals surface area contributed by atoms with Gasteiger partial charge in [0.25, 0.3) is 5.91 Å². The second-order valence-corrected chi connectivity index (χ2v) is 7.55. The van der Waals surface area contributed by atoms with Crippen LogP contribution in [0.1, 0.15) is 47.4 Å². The van der Waals surface area contributed by atoms with E-state index >= 15 is 0 Å². The first kappa shape index (κ1) is 18.7. The number of thioether (sulfide) groups is 1. The van der Waals surface area contributed by atoms with E-state index in [9.17, 15) is 4.79 Å². The van der Waals surface area contributed by atoms with Crippen molar-refractivity contribution in [3.05, 3.63) is 47.3 Å². The Kier molecular flexibility index (Phi) is 6.14. The lowest BCUT2D eigenvalue weighted by molar-refractivity contribution is 0.0882. The number of nitrogens with zero attached hydrogens (tertiary/aromatic N) is 2. The van der Waals surface area contributed by atoms with Crippen molar-refractivity contribution < 1.29 is 9.53 Å². The summed E-state index contributed by atoms with van der Waals surface area (Å²) in [7, 11) is 0. The molecule has 0 spiro atoms. The van der Waals surface area contributed by atoms with Gasteiger partial charge in [0.2, 0.25) is 0 Å². The molecule has 1 aliphatic rings. The summed E-state index contributed by atoms with van der Waals surface area (Å²) in [4.78, 5) is 22.3. The van der Waals surface area contributed by atoms with E-state index < -0.39 is 0 Å². The molecule has 26 heavy (non-hydrogen) atoms. The highest BCUT2D eigenvalue weighted by Crippen LogP contribution is 2.24. The highest BCUT2D eigenvalue weighted by atomic mass is 32.2. The number of nitrogens with one attached hydrogen (secondary N) is 1. The third-order valence-corrected chi connectivity index (χ3v) is 5.39. The highest BCUT2D eigenvalue weighted by Gasteiger charge is 2.25. The van der Waals surface area contributed by atoms with Crippen LogP contribution in [0.4, 0.5) is 0 Å². The maximum atomic E-state index is 12.6. The number of ether oxygens (including phenoxy) is 1. The van der Waals surface area contributed by atoms with Crippen molar-refractivity contribution in [3.63, 3.8) is 0 Å². The third kappa shape index (κ3) is 4.75. The summed E-state index contributed by atoms with van der Waals surface area (Å²) in [6.07, 6.45) is 5.70. The fraction of sp³-hybridized carbons (Fsp3) is 0.450. The lowest BCUT2D eigenvalue weighted by atomic mass is 9.92. The van der Waals surface area contributed by atoms with Gasteiger partial charge in [0.15, 0.2) is 0 Å². The van der Waals surface area contributed by atoms with Crippen LogP contribution in [0.5, 0.6) is 6.01 Å². The molecule has 1 N–H and O–H groups in total. The first-order valence-electron chi connectivity index (χ1n) is 8.98. The van der Waals surface area contributed by atoms with E-state index in [0.717, 1.165) is 47.5 Å². The van der Waals surface area contributed by atoms with Crippen molar-refractivity contribution in [2.75, 3.05) is 6.26 Å². The average Bonchev–Trinajstić information content (AvgIpc) is 2.62. The molecule has 1 heterocycles. The Morgan fingerprint density at radius 1 is 1.12 bits per heavy atom. The van der Waals surface area contributed by atoms with Crippen LogP contribution in [0.15, 0.2) is 35.2 Å². The van der Waals surface area contributed by atoms with Crippen LogP contribution in [0.25, 0.3) is 0 Å². The van der Waals surface area contributed by atoms with Gasteiger partial charge in [-0.25, -0.2) is 9.97 Å². The van der Waals surface area contributed by atoms with Crippen LogP contribution < -0.4 is 10.1 Å². The van der Waals surface area contributed by atoms with Crippen LogP contribution in [-0.4, -0.2) is 34.3 Å². The predicted octanol–water partition coefficient (Wildman–Crippen LogP) is 3.94. The minimum Gasteiger partial charge on any atom is -0.460 e. The Balaban J connectivity index is 1.53. The van der Waals surface area contributed by atoms with Gasteiger partial charge in [-0.05, 0) is 64.0 Å². The van der Waals surface area contributed by atoms with Gasteiger partial charge in [-0.1, -0.05) is 12.1 Å². The third-order valence-electron chi connectivity index (χ3n) is 4.59. The van der Waals surface area contributed by atoms with E-state index in [1.165, 1.54) is 0 Å². The van der Waals surface area contributed by atoms with Gasteiger partial charge in [-0.2, -0.15) is 0 Å². The van der Waals surface area contributed by atoms with Gasteiger partial charge in [-0.3, -0.25) is 4.79 Å². The molecule has 1 aromatic carbocycles. The number of hydrogen-bond acceptors (Lipinski definition) is 5. The first-order valence-corrected chi connectivity index (χ1v) is 10.2. The largest absolute Gasteiger partial charge is 0.460 e. The molecule has 1 amide bonds. The van der Waals surface area contributed by atoms with E-state index in [2.05, 4.69) is 15.3 Å². The maximum Gasteiger partial charge on any atom is 0.317 e. The lowest BCUT2D eigenvalue weighted by Gasteiger charge is -2.29. The topological polar surface area (TPSA) is 64.1 Å². The number of aryl methyl sites for hydroxylation is 2. The van der Waals surface area contributed by atoms with Crippen molar-refractivity contribution in [2.24, 2.45) is 0 Å². The zero-order valence-corrected chi connectivity index (χ0v) is 16.3. The van der Waals surface area contributed by atoms with Crippen molar-refractivity contribution in [1.29, 1.82) is 0 Å². The number of carbonyl (C=O) groups is 1. The average molecular weight is 372 g/mol. The SMILES string of the molecule is CSc1ccccc1C(=O)NC1CCC(Oc2nc(C)cc(C)n2)CC1. The molecule has 1 aromatic heterocycles. The number of benzene rings is 1. The second-order valence-electron chi connectivity index (χ2n) is 6.70. The molecule has 0 saturated heterocycles. The quantitative estimate of drug-likeness (QED) is 0.807. The molecule has 0 bridgehead atoms. The van der Waals surface area contributed by atoms with Gasteiger partial charge in [0.05, 0.1) is 5.56 Å². The number of hydrogen-bond donors (Lipinski definition) is 1. The summed E-state index contributed by atoms with van der Waals surface area (Å²) in [5.41, 5.74) is 2.59. The molecule has 0 radical (unpaired) electrons. The molecular weight excluding hydrogens is 346 g/mol. The first-order chi connectivity index (χ1) is 12.5. The van der Waals surface area contributed by atoms with Crippen molar-refractivity contribution in [1.82, 2.24) is 15.3 Å². The molecule has 3 rings (SSSR count). The Morgan fingerprint density at radius 3 is 2.42 bits per heavy atom. The number of amides is 1. The van der Waals surface area contributed by atoms with Gasteiger partial charge in [0.1, 0.15) is 6.10 Å². The fourth-order valence-electron chi connectivity index (χ4n) is 3.32. The summed E-state index contributed by atoms with van der Waals surface area (Å²) in [6.45, 7) is 3.89. The second kappa shape index (κ2) is 8.54. The zero-order chi connectivity index (χ0) is 18.5. The summed E-state index contributed by atoms with van der Waals surface area (Å²) < 4.78 is 5.95. The molecule has 0 unspecified atom stereocenters. The van der Waals surface area contributed by atoms with E-state index in [1.807, 2.05) is 50.4 Å². The summed E-state index contributed by atoms with van der Waals surface area (Å²) in [5, 5.41) is 3.17. The zero-order valence-electron chi connectivity index (χ0n) is 15.5. The predicted molar refractivity (Wildman–Crippen MR) is 104 cm³/mol. The summed E-state index contributed by atoms with van der Waals surface area (Å²) in [5.74, 6) is 0.0111. The Labute approximate surface area is 159 Å². The molecular formula is C20H25N3O2S. The Morgan fingerprint density at radius 2 is 1.77 bits per heavy atom. The van der Waals surface area contributed by atoms with Gasteiger partial charge < -0.3 is 10.1 Å². The number of carbonyl (C=O) groups excluding carboxylic acids is 1. The molecule has 138 valence electrons. The minimum atomic E-state index is 0.0111. The molecule has 1 fully saturated rings. The fourth-order valence-corrected chi connectivity index (χ4v) is 3.91. The van der Waals surface area contributed by atoms with E-state index in [-0.39, 0.29) is 18.1 Å². The van der Waals surface area contributed by atoms with E-state index in [0.29, 0.717) is 6.01 Å². The van der Waals surface area contributed by atoms with Crippen molar-refractivity contribution in [2.45, 2.75) is 56.6 Å². The molecule has 2 aromatic rings. The molecule has 6 heteroatoms. The van der Waals surface area contributed by atoms with Crippen LogP contribution >= 0.6 is 11.8 Å². The van der Waals surface area contributed by atoms with Crippen LogP contribution in [0, 0.1) is 13.8 Å². The molecule has 0 atom stereocenters. The number of aromatic nitrogens is 2. The Bertz CT molecular complexity index is 753. The molecule has 1 aliphatic carbocycles. The van der Waals surface area contributed by atoms with Gasteiger partial charge in [-0.15, -0.1) is 11.8 Å². The van der Waals surface area contributed by atoms with E-state index in [4.69, 9.17) is 4.74 Å². The van der Waals surface area contributed by atoms with E-state index in [1.54, 1.807) is 11.8 Å². The van der Waals surface area contributed by atoms with Gasteiger partial charge in [0, 0.05) is 22.3 Å². The summed E-state index contributed by atoms with van der Waals surface area (Å²) in [6, 6.07) is 10.3. The molecule has 0 aliphatic heterocycles. The highest BCUT2D eigenvalue weighted by molar-refractivity contribution is 7.98. The van der Waals surface area contributed by atoms with Gasteiger partial charge >= 0.3 is 6.01 Å². The monoisotopic (exact) mass is 371 g/mol. The molecule has 5 nitrogen and oxygen atoms in total. The normalized spacial score (nSPS) is 19.8. The number of rotatable bonds is 5. The Hall–Kier alpha value is -2.08. The van der Waals surface area contributed by atoms with Crippen molar-refractivity contribution >= 4 is 17.7 Å². The van der Waals surface area contributed by atoms with Crippen LogP contribution in [0.3, 0.4) is 0 Å². The molecule has 1 saturated carbocycles. The minimum absolute atomic E-state index is 0.0111. The van der Waals surface area contributed by atoms with Crippen LogP contribution in [-0.2, 0) is 0 Å². The smallest absolute Gasteiger partial charge is 0.317 e. The standard InChI is InChI=1S/C20H25N3O2S/c1-13-12-14(2)22-20(21-13)25-16-10-8-15(9-11-16)23-19(24)17-6-4-5-7-18(17)26-3/h4-7,12,15-16H,8-11H2,1-3H3,(H,23,24). The summed E-state index contributed by atoms with van der Waals surface area (Å²) >= 11 is 1.59. The van der Waals surface area contributed by atoms with Crippen molar-refractivity contribution in [3.8, 4) is 6.01 Å². The van der Waals surface area contributed by atoms with Crippen LogP contribution in [0.2, 0.25) is 0 Å². The maximum absolute atomic E-state index is 12.6. The lowest BCUT2D eigenvalue weighted by Crippen LogP contribution is -2.40.